The molecule has 1 fully saturated rings. The highest BCUT2D eigenvalue weighted by molar-refractivity contribution is 8.21. The second kappa shape index (κ2) is 6.68. The van der Waals surface area contributed by atoms with Gasteiger partial charge in [0.2, 0.25) is 5.91 Å². The molecule has 102 valence electrons. The van der Waals surface area contributed by atoms with Crippen LogP contribution >= 0.6 is 35.1 Å². The van der Waals surface area contributed by atoms with Crippen LogP contribution in [0.15, 0.2) is 29.4 Å². The van der Waals surface area contributed by atoms with Gasteiger partial charge in [0.05, 0.1) is 16.7 Å². The molecule has 1 aromatic rings. The molecule has 6 heteroatoms. The summed E-state index contributed by atoms with van der Waals surface area (Å²) < 4.78 is -0.00431. The van der Waals surface area contributed by atoms with Crippen LogP contribution in [0.25, 0.3) is 0 Å². The van der Waals surface area contributed by atoms with Crippen molar-refractivity contribution in [2.75, 3.05) is 11.5 Å². The zero-order valence-electron chi connectivity index (χ0n) is 10.6. The smallest absolute Gasteiger partial charge is 0.242 e. The summed E-state index contributed by atoms with van der Waals surface area (Å²) in [5.74, 6) is 2.17. The monoisotopic (exact) mass is 314 g/mol. The maximum Gasteiger partial charge on any atom is 0.242 e. The lowest BCUT2D eigenvalue weighted by molar-refractivity contribution is -0.121. The number of carbonyl (C=O) groups excluding carboxylic acids is 1. The molecule has 3 nitrogen and oxygen atoms in total. The third-order valence-corrected chi connectivity index (χ3v) is 6.16. The number of thioether (sulfide) groups is 2. The minimum atomic E-state index is -0.0531. The van der Waals surface area contributed by atoms with Crippen molar-refractivity contribution >= 4 is 47.2 Å². The van der Waals surface area contributed by atoms with E-state index < -0.39 is 0 Å². The van der Waals surface area contributed by atoms with E-state index in [2.05, 4.69) is 17.5 Å². The Kier molecular flexibility index (Phi) is 5.19. The van der Waals surface area contributed by atoms with Crippen LogP contribution in [0.3, 0.4) is 0 Å². The predicted octanol–water partition coefficient (Wildman–Crippen LogP) is 3.38. The van der Waals surface area contributed by atoms with Gasteiger partial charge in [0.15, 0.2) is 0 Å². The molecule has 0 aromatic heterocycles. The standard InChI is InChI=1S/C13H15ClN2OS2/c1-13(18-5-6-19-13)8-12(17)16-15-9-10-3-2-4-11(14)7-10/h2-4,7,9H,5-6,8H2,1H3,(H,16,17). The maximum absolute atomic E-state index is 11.8. The molecule has 1 amide bonds. The van der Waals surface area contributed by atoms with Crippen molar-refractivity contribution in [1.29, 1.82) is 0 Å². The molecule has 0 bridgehead atoms. The van der Waals surface area contributed by atoms with Crippen LogP contribution in [-0.2, 0) is 4.79 Å². The van der Waals surface area contributed by atoms with Gasteiger partial charge < -0.3 is 0 Å². The fraction of sp³-hybridized carbons (Fsp3) is 0.385. The van der Waals surface area contributed by atoms with Crippen molar-refractivity contribution in [1.82, 2.24) is 5.43 Å². The predicted molar refractivity (Wildman–Crippen MR) is 85.1 cm³/mol. The van der Waals surface area contributed by atoms with Gasteiger partial charge in [-0.15, -0.1) is 23.5 Å². The first-order valence-electron chi connectivity index (χ1n) is 5.93. The van der Waals surface area contributed by atoms with Gasteiger partial charge in [-0.25, -0.2) is 5.43 Å². The van der Waals surface area contributed by atoms with E-state index in [9.17, 15) is 4.79 Å². The Hall–Kier alpha value is -0.650. The fourth-order valence-corrected chi connectivity index (χ4v) is 4.78. The second-order valence-electron chi connectivity index (χ2n) is 4.36. The van der Waals surface area contributed by atoms with Crippen molar-refractivity contribution < 1.29 is 4.79 Å². The average molecular weight is 315 g/mol. The van der Waals surface area contributed by atoms with Crippen molar-refractivity contribution in [3.05, 3.63) is 34.9 Å². The van der Waals surface area contributed by atoms with Crippen molar-refractivity contribution in [2.24, 2.45) is 5.10 Å². The van der Waals surface area contributed by atoms with Gasteiger partial charge in [-0.3, -0.25) is 4.79 Å². The number of nitrogens with zero attached hydrogens (tertiary/aromatic N) is 1. The van der Waals surface area contributed by atoms with Crippen LogP contribution in [0.5, 0.6) is 0 Å². The van der Waals surface area contributed by atoms with Gasteiger partial charge in [-0.1, -0.05) is 23.7 Å². The molecule has 2 rings (SSSR count). The minimum Gasteiger partial charge on any atom is -0.273 e. The summed E-state index contributed by atoms with van der Waals surface area (Å²) in [5.41, 5.74) is 3.43. The number of rotatable bonds is 4. The number of amides is 1. The fourth-order valence-electron chi connectivity index (χ4n) is 1.76. The van der Waals surface area contributed by atoms with Crippen LogP contribution < -0.4 is 5.43 Å². The summed E-state index contributed by atoms with van der Waals surface area (Å²) in [4.78, 5) is 11.8. The first-order valence-corrected chi connectivity index (χ1v) is 8.28. The van der Waals surface area contributed by atoms with Crippen LogP contribution in [-0.4, -0.2) is 27.7 Å². The van der Waals surface area contributed by atoms with E-state index in [-0.39, 0.29) is 9.99 Å². The molecule has 1 saturated heterocycles. The topological polar surface area (TPSA) is 41.5 Å². The summed E-state index contributed by atoms with van der Waals surface area (Å²) >= 11 is 9.54. The van der Waals surface area contributed by atoms with Crippen LogP contribution in [0.4, 0.5) is 0 Å². The van der Waals surface area contributed by atoms with Crippen molar-refractivity contribution in [3.63, 3.8) is 0 Å². The first-order chi connectivity index (χ1) is 9.07. The zero-order valence-corrected chi connectivity index (χ0v) is 12.9. The van der Waals surface area contributed by atoms with E-state index in [0.717, 1.165) is 17.1 Å². The number of hydrogen-bond acceptors (Lipinski definition) is 4. The Morgan fingerprint density at radius 3 is 2.95 bits per heavy atom. The summed E-state index contributed by atoms with van der Waals surface area (Å²) in [5, 5.41) is 4.61. The molecule has 0 radical (unpaired) electrons. The highest BCUT2D eigenvalue weighted by atomic mass is 35.5. The van der Waals surface area contributed by atoms with Gasteiger partial charge in [-0.2, -0.15) is 5.10 Å². The molecule has 0 saturated carbocycles. The summed E-state index contributed by atoms with van der Waals surface area (Å²) in [6.07, 6.45) is 2.08. The van der Waals surface area contributed by atoms with Crippen molar-refractivity contribution in [3.8, 4) is 0 Å². The third-order valence-electron chi connectivity index (χ3n) is 2.63. The number of nitrogens with one attached hydrogen (secondary N) is 1. The summed E-state index contributed by atoms with van der Waals surface area (Å²) in [6, 6.07) is 7.32. The molecule has 1 aliphatic rings. The molecule has 0 spiro atoms. The molecule has 0 atom stereocenters. The van der Waals surface area contributed by atoms with Gasteiger partial charge in [-0.05, 0) is 24.6 Å². The normalized spacial score (nSPS) is 17.8. The Morgan fingerprint density at radius 2 is 2.26 bits per heavy atom. The lowest BCUT2D eigenvalue weighted by atomic mass is 10.2. The van der Waals surface area contributed by atoms with E-state index in [1.165, 1.54) is 0 Å². The molecular formula is C13H15ClN2OS2. The molecule has 19 heavy (non-hydrogen) atoms. The largest absolute Gasteiger partial charge is 0.273 e. The van der Waals surface area contributed by atoms with E-state index in [4.69, 9.17) is 11.6 Å². The quantitative estimate of drug-likeness (QED) is 0.684. The molecule has 1 aromatic carbocycles. The lowest BCUT2D eigenvalue weighted by Crippen LogP contribution is -2.26. The number of benzene rings is 1. The molecule has 1 aliphatic heterocycles. The van der Waals surface area contributed by atoms with Gasteiger partial charge in [0, 0.05) is 16.5 Å². The highest BCUT2D eigenvalue weighted by Gasteiger charge is 2.32. The lowest BCUT2D eigenvalue weighted by Gasteiger charge is -2.19. The Labute approximate surface area is 126 Å². The first kappa shape index (κ1) is 14.8. The van der Waals surface area contributed by atoms with Crippen molar-refractivity contribution in [2.45, 2.75) is 17.4 Å². The molecular weight excluding hydrogens is 300 g/mol. The maximum atomic E-state index is 11.8. The van der Waals surface area contributed by atoms with Gasteiger partial charge in [0.1, 0.15) is 0 Å². The van der Waals surface area contributed by atoms with E-state index in [1.54, 1.807) is 18.3 Å². The number of halogens is 1. The van der Waals surface area contributed by atoms with E-state index in [1.807, 2.05) is 35.7 Å². The number of hydrazone groups is 1. The zero-order chi connectivity index (χ0) is 13.7. The average Bonchev–Trinajstić information content (AvgIpc) is 2.75. The minimum absolute atomic E-state index is 0.00431. The molecule has 0 aliphatic carbocycles. The van der Waals surface area contributed by atoms with Crippen LogP contribution in [0.1, 0.15) is 18.9 Å². The molecule has 1 N–H and O–H groups in total. The second-order valence-corrected chi connectivity index (χ2v) is 8.25. The third kappa shape index (κ3) is 4.75. The van der Waals surface area contributed by atoms with Crippen LogP contribution in [0, 0.1) is 0 Å². The highest BCUT2D eigenvalue weighted by Crippen LogP contribution is 2.45. The van der Waals surface area contributed by atoms with E-state index in [0.29, 0.717) is 11.4 Å². The Bertz CT molecular complexity index is 487. The Morgan fingerprint density at radius 1 is 1.53 bits per heavy atom. The molecule has 1 heterocycles. The van der Waals surface area contributed by atoms with Crippen LogP contribution in [0.2, 0.25) is 5.02 Å². The summed E-state index contributed by atoms with van der Waals surface area (Å²) in [6.45, 7) is 2.11. The summed E-state index contributed by atoms with van der Waals surface area (Å²) in [7, 11) is 0. The number of hydrogen-bond donors (Lipinski definition) is 1. The Balaban J connectivity index is 1.83. The molecule has 0 unspecified atom stereocenters. The SMILES string of the molecule is CC1(CC(=O)NN=Cc2cccc(Cl)c2)SCCS1. The van der Waals surface area contributed by atoms with Gasteiger partial charge in [0.25, 0.3) is 0 Å². The van der Waals surface area contributed by atoms with Gasteiger partial charge >= 0.3 is 0 Å². The number of carbonyl (C=O) groups is 1. The van der Waals surface area contributed by atoms with E-state index >= 15 is 0 Å².